The van der Waals surface area contributed by atoms with Crippen LogP contribution in [0, 0.1) is 38.8 Å². The molecule has 0 saturated carbocycles. The van der Waals surface area contributed by atoms with Gasteiger partial charge in [0.2, 0.25) is 0 Å². The fourth-order valence-electron chi connectivity index (χ4n) is 7.55. The van der Waals surface area contributed by atoms with E-state index in [0.717, 1.165) is 53.0 Å². The minimum absolute atomic E-state index is 0.551. The van der Waals surface area contributed by atoms with Gasteiger partial charge in [0.05, 0.1) is 0 Å². The van der Waals surface area contributed by atoms with Crippen LogP contribution in [-0.4, -0.2) is 0 Å². The van der Waals surface area contributed by atoms with Gasteiger partial charge in [0.1, 0.15) is 0 Å². The van der Waals surface area contributed by atoms with Crippen LogP contribution in [-0.2, 0) is 0 Å². The number of hydrogen-bond donors (Lipinski definition) is 0. The van der Waals surface area contributed by atoms with Crippen LogP contribution in [0.3, 0.4) is 0 Å². The van der Waals surface area contributed by atoms with Crippen LogP contribution < -0.4 is 9.80 Å². The normalized spacial score (nSPS) is 15.1. The van der Waals surface area contributed by atoms with E-state index in [1.807, 2.05) is 6.07 Å². The lowest BCUT2D eigenvalue weighted by atomic mass is 9.88. The van der Waals surface area contributed by atoms with Gasteiger partial charge in [-0.2, -0.15) is 0 Å². The average Bonchev–Trinajstić information content (AvgIpc) is 3.21. The standard InChI is InChI=1S/C52H46N2/c1-37-19-27-43(28-20-37)53(44-29-21-38(2)22-30-44)47-13-9-11-41(35-47)49-15-5-7-17-51(49)52-18-8-6-16-50(52)42-12-10-14-48(36-42)54(45-31-23-39(3)24-32-45)46-33-25-40(4)26-34-46/h5,7-9,11-13,15,17-25,27-36,40H,10,14,26H2,1-4H3. The summed E-state index contributed by atoms with van der Waals surface area (Å²) in [6, 6.07) is 55.3. The maximum absolute atomic E-state index is 3.56. The highest BCUT2D eigenvalue weighted by molar-refractivity contribution is 5.93. The molecule has 0 radical (unpaired) electrons. The first-order valence-corrected chi connectivity index (χ1v) is 19.1. The number of benzene rings is 5. The molecule has 2 heteroatoms. The van der Waals surface area contributed by atoms with E-state index in [0.29, 0.717) is 5.92 Å². The molecule has 264 valence electrons. The molecule has 6 aromatic carbocycles. The van der Waals surface area contributed by atoms with Crippen molar-refractivity contribution in [3.8, 4) is 22.3 Å². The van der Waals surface area contributed by atoms with Crippen LogP contribution in [0.1, 0.15) is 48.4 Å². The van der Waals surface area contributed by atoms with Crippen molar-refractivity contribution in [3.05, 3.63) is 210 Å². The summed E-state index contributed by atoms with van der Waals surface area (Å²) in [6.07, 6.45) is 14.7. The third-order valence-corrected chi connectivity index (χ3v) is 10.5. The summed E-state index contributed by atoms with van der Waals surface area (Å²) >= 11 is 0. The minimum atomic E-state index is 0.551. The Kier molecular flexibility index (Phi) is 9.89. The molecule has 0 N–H and O–H groups in total. The van der Waals surface area contributed by atoms with Crippen LogP contribution in [0.25, 0.3) is 27.8 Å². The van der Waals surface area contributed by atoms with Crippen molar-refractivity contribution in [2.45, 2.75) is 47.0 Å². The molecule has 0 spiro atoms. The van der Waals surface area contributed by atoms with E-state index in [-0.39, 0.29) is 0 Å². The van der Waals surface area contributed by atoms with Gasteiger partial charge in [-0.1, -0.05) is 127 Å². The lowest BCUT2D eigenvalue weighted by Crippen LogP contribution is -2.23. The Hall–Kier alpha value is -6.30. The predicted octanol–water partition coefficient (Wildman–Crippen LogP) is 14.1. The van der Waals surface area contributed by atoms with Gasteiger partial charge in [-0.05, 0) is 147 Å². The molecular formula is C52H46N2. The molecule has 0 aliphatic heterocycles. The molecule has 0 bridgehead atoms. The first kappa shape index (κ1) is 34.8. The van der Waals surface area contributed by atoms with Crippen molar-refractivity contribution in [1.29, 1.82) is 0 Å². The lowest BCUT2D eigenvalue weighted by Gasteiger charge is -2.32. The number of nitrogens with zero attached hydrogens (tertiary/aromatic N) is 2. The Labute approximate surface area is 321 Å². The Morgan fingerprint density at radius 2 is 1.22 bits per heavy atom. The molecule has 0 aromatic heterocycles. The van der Waals surface area contributed by atoms with Crippen LogP contribution in [0.5, 0.6) is 0 Å². The van der Waals surface area contributed by atoms with E-state index >= 15 is 0 Å². The Balaban J connectivity index is 1.19. The molecule has 1 atom stereocenters. The summed E-state index contributed by atoms with van der Waals surface area (Å²) in [5.74, 6) is 0.551. The third kappa shape index (κ3) is 7.32. The molecule has 0 saturated heterocycles. The lowest BCUT2D eigenvalue weighted by molar-refractivity contribution is 0.725. The van der Waals surface area contributed by atoms with Crippen molar-refractivity contribution in [3.63, 3.8) is 0 Å². The highest BCUT2D eigenvalue weighted by Gasteiger charge is 2.22. The molecule has 0 heterocycles. The molecule has 2 nitrogen and oxygen atoms in total. The second kappa shape index (κ2) is 15.4. The van der Waals surface area contributed by atoms with Crippen molar-refractivity contribution in [2.24, 2.45) is 5.92 Å². The van der Waals surface area contributed by atoms with E-state index < -0.39 is 0 Å². The maximum Gasteiger partial charge on any atom is 0.0467 e. The zero-order chi connectivity index (χ0) is 37.0. The summed E-state index contributed by atoms with van der Waals surface area (Å²) in [4.78, 5) is 4.80. The Bertz CT molecular complexity index is 2340. The molecule has 1 unspecified atom stereocenters. The van der Waals surface area contributed by atoms with Crippen molar-refractivity contribution in [1.82, 2.24) is 0 Å². The maximum atomic E-state index is 3.56. The van der Waals surface area contributed by atoms with Gasteiger partial charge in [-0.3, -0.25) is 0 Å². The highest BCUT2D eigenvalue weighted by Crippen LogP contribution is 2.42. The van der Waals surface area contributed by atoms with E-state index in [4.69, 9.17) is 0 Å². The van der Waals surface area contributed by atoms with Gasteiger partial charge in [0.25, 0.3) is 0 Å². The molecule has 0 amide bonds. The van der Waals surface area contributed by atoms with E-state index in [1.54, 1.807) is 0 Å². The number of allylic oxidation sites excluding steroid dienone is 7. The summed E-state index contributed by atoms with van der Waals surface area (Å²) in [5, 5.41) is 0. The van der Waals surface area contributed by atoms with Gasteiger partial charge in [0, 0.05) is 39.7 Å². The third-order valence-electron chi connectivity index (χ3n) is 10.5. The van der Waals surface area contributed by atoms with Gasteiger partial charge in [0.15, 0.2) is 0 Å². The van der Waals surface area contributed by atoms with Crippen molar-refractivity contribution >= 4 is 28.3 Å². The predicted molar refractivity (Wildman–Crippen MR) is 229 cm³/mol. The molecule has 8 rings (SSSR count). The first-order valence-electron chi connectivity index (χ1n) is 19.1. The monoisotopic (exact) mass is 698 g/mol. The van der Waals surface area contributed by atoms with Gasteiger partial charge in [-0.25, -0.2) is 0 Å². The molecule has 2 aliphatic carbocycles. The highest BCUT2D eigenvalue weighted by atomic mass is 15.2. The largest absolute Gasteiger partial charge is 0.315 e. The van der Waals surface area contributed by atoms with Gasteiger partial charge < -0.3 is 9.80 Å². The molecule has 6 aromatic rings. The number of anilines is 4. The smallest absolute Gasteiger partial charge is 0.0467 e. The quantitative estimate of drug-likeness (QED) is 0.148. The first-order chi connectivity index (χ1) is 26.4. The van der Waals surface area contributed by atoms with Gasteiger partial charge in [-0.15, -0.1) is 0 Å². The summed E-state index contributed by atoms with van der Waals surface area (Å²) in [7, 11) is 0. The van der Waals surface area contributed by atoms with Gasteiger partial charge >= 0.3 is 0 Å². The summed E-state index contributed by atoms with van der Waals surface area (Å²) in [5.41, 5.74) is 17.8. The average molecular weight is 699 g/mol. The Morgan fingerprint density at radius 1 is 0.593 bits per heavy atom. The van der Waals surface area contributed by atoms with Crippen LogP contribution >= 0.6 is 0 Å². The molecule has 54 heavy (non-hydrogen) atoms. The van der Waals surface area contributed by atoms with Crippen molar-refractivity contribution < 1.29 is 0 Å². The van der Waals surface area contributed by atoms with E-state index in [1.165, 1.54) is 50.5 Å². The Morgan fingerprint density at radius 3 is 1.85 bits per heavy atom. The molecule has 2 aliphatic rings. The second-order valence-corrected chi connectivity index (χ2v) is 14.7. The zero-order valence-corrected chi connectivity index (χ0v) is 31.7. The zero-order valence-electron chi connectivity index (χ0n) is 31.7. The fraction of sp³-hybridized carbons (Fsp3) is 0.154. The van der Waals surface area contributed by atoms with Crippen molar-refractivity contribution in [2.75, 3.05) is 9.80 Å². The van der Waals surface area contributed by atoms with E-state index in [2.05, 4.69) is 207 Å². The fourth-order valence-corrected chi connectivity index (χ4v) is 7.55. The number of hydrogen-bond acceptors (Lipinski definition) is 2. The summed E-state index contributed by atoms with van der Waals surface area (Å²) < 4.78 is 0. The number of rotatable bonds is 9. The second-order valence-electron chi connectivity index (χ2n) is 14.7. The van der Waals surface area contributed by atoms with Crippen LogP contribution in [0.2, 0.25) is 0 Å². The topological polar surface area (TPSA) is 6.48 Å². The number of aryl methyl sites for hydroxylation is 3. The van der Waals surface area contributed by atoms with Crippen LogP contribution in [0.4, 0.5) is 22.7 Å². The van der Waals surface area contributed by atoms with E-state index in [9.17, 15) is 0 Å². The SMILES string of the molecule is Cc1ccc(N(C2=CCC(C)C=C2)C2=CC(c3c#cccc3-c3ccccc3-c3cccc(N(c4ccc(C)cc4)c4ccc(C)cc4)c3)=CCC2)cc1. The minimum Gasteiger partial charge on any atom is -0.315 e. The molecular weight excluding hydrogens is 653 g/mol. The van der Waals surface area contributed by atoms with Crippen LogP contribution in [0.15, 0.2) is 175 Å². The molecule has 0 fully saturated rings. The summed E-state index contributed by atoms with van der Waals surface area (Å²) in [6.45, 7) is 8.70.